The van der Waals surface area contributed by atoms with Crippen LogP contribution in [0.25, 0.3) is 0 Å². The van der Waals surface area contributed by atoms with Gasteiger partial charge >= 0.3 is 0 Å². The van der Waals surface area contributed by atoms with E-state index in [0.29, 0.717) is 4.21 Å². The first-order valence-corrected chi connectivity index (χ1v) is 7.65. The fraction of sp³-hybridized carbons (Fsp3) is 0.231. The van der Waals surface area contributed by atoms with E-state index in [1.165, 1.54) is 6.20 Å². The molecule has 1 atom stereocenters. The molecule has 0 saturated carbocycles. The Morgan fingerprint density at radius 2 is 2.20 bits per heavy atom. The molecular weight excluding hydrogens is 296 g/mol. The van der Waals surface area contributed by atoms with Gasteiger partial charge in [0.2, 0.25) is 0 Å². The lowest BCUT2D eigenvalue weighted by Crippen LogP contribution is -2.11. The number of aromatic hydroxyl groups is 1. The summed E-state index contributed by atoms with van der Waals surface area (Å²) < 4.78 is 42.7. The van der Waals surface area contributed by atoms with Crippen molar-refractivity contribution in [3.63, 3.8) is 0 Å². The lowest BCUT2D eigenvalue weighted by molar-refractivity contribution is 0.102. The summed E-state index contributed by atoms with van der Waals surface area (Å²) in [6.07, 6.45) is 1.37. The van der Waals surface area contributed by atoms with Crippen LogP contribution in [-0.4, -0.2) is 25.5 Å². The number of thiazole rings is 1. The summed E-state index contributed by atoms with van der Waals surface area (Å²) in [5.41, 5.74) is -0.567. The number of para-hydroxylation sites is 1. The van der Waals surface area contributed by atoms with Gasteiger partial charge in [-0.05, 0) is 12.1 Å². The van der Waals surface area contributed by atoms with Crippen molar-refractivity contribution in [1.82, 2.24) is 4.98 Å². The van der Waals surface area contributed by atoms with Crippen molar-refractivity contribution in [2.45, 2.75) is 23.3 Å². The standard InChI is InChI=1S/C13H14N2O3S2/c1-8(2)20(18)11-7-14-13(19-11)15-12(17)9-5-3-4-6-10(9)16/h3-8,16H,1-2H3,(H,14,15,17)/i3D,4D,5D,6D. The maximum absolute atomic E-state index is 12.3. The van der Waals surface area contributed by atoms with Crippen LogP contribution in [0.1, 0.15) is 29.7 Å². The molecule has 1 heterocycles. The average Bonchev–Trinajstić information content (AvgIpc) is 2.98. The summed E-state index contributed by atoms with van der Waals surface area (Å²) in [6, 6.07) is -2.59. The van der Waals surface area contributed by atoms with E-state index >= 15 is 0 Å². The van der Waals surface area contributed by atoms with E-state index in [2.05, 4.69) is 10.3 Å². The van der Waals surface area contributed by atoms with Crippen LogP contribution in [0.15, 0.2) is 34.6 Å². The lowest BCUT2D eigenvalue weighted by atomic mass is 10.2. The Bertz CT molecular complexity index is 810. The summed E-state index contributed by atoms with van der Waals surface area (Å²) in [6.45, 7) is 3.57. The molecule has 0 spiro atoms. The van der Waals surface area contributed by atoms with Crippen molar-refractivity contribution < 1.29 is 19.6 Å². The van der Waals surface area contributed by atoms with E-state index in [1.807, 2.05) is 0 Å². The second kappa shape index (κ2) is 6.15. The van der Waals surface area contributed by atoms with Crippen LogP contribution in [0.2, 0.25) is 0 Å². The largest absolute Gasteiger partial charge is 0.507 e. The second-order valence-corrected chi connectivity index (χ2v) is 7.27. The van der Waals surface area contributed by atoms with Crippen LogP contribution in [0.3, 0.4) is 0 Å². The highest BCUT2D eigenvalue weighted by molar-refractivity contribution is 7.88. The maximum Gasteiger partial charge on any atom is 0.261 e. The smallest absolute Gasteiger partial charge is 0.261 e. The molecule has 2 rings (SSSR count). The molecule has 0 radical (unpaired) electrons. The van der Waals surface area contributed by atoms with E-state index in [4.69, 9.17) is 5.48 Å². The number of nitrogens with zero attached hydrogens (tertiary/aromatic N) is 1. The van der Waals surface area contributed by atoms with Crippen molar-refractivity contribution in [3.8, 4) is 5.75 Å². The minimum Gasteiger partial charge on any atom is -0.507 e. The van der Waals surface area contributed by atoms with Crippen LogP contribution in [0.5, 0.6) is 5.75 Å². The maximum atomic E-state index is 12.3. The molecule has 1 aromatic carbocycles. The van der Waals surface area contributed by atoms with Gasteiger partial charge in [0.15, 0.2) is 5.13 Å². The van der Waals surface area contributed by atoms with Gasteiger partial charge in [-0.3, -0.25) is 14.3 Å². The van der Waals surface area contributed by atoms with Gasteiger partial charge in [0.25, 0.3) is 5.91 Å². The summed E-state index contributed by atoms with van der Waals surface area (Å²) >= 11 is 0.999. The Morgan fingerprint density at radius 3 is 2.90 bits per heavy atom. The van der Waals surface area contributed by atoms with Crippen molar-refractivity contribution in [3.05, 3.63) is 35.9 Å². The molecule has 7 heteroatoms. The SMILES string of the molecule is [2H]c1c([2H])c([2H])c(C(=O)Nc2ncc(S(=O)C(C)C)s2)c(O)c1[2H]. The molecule has 1 aromatic heterocycles. The number of carbonyl (C=O) groups is 1. The summed E-state index contributed by atoms with van der Waals surface area (Å²) in [4.78, 5) is 16.2. The Labute approximate surface area is 128 Å². The number of hydrogen-bond acceptors (Lipinski definition) is 5. The molecule has 2 N–H and O–H groups in total. The number of nitrogens with one attached hydrogen (secondary N) is 1. The van der Waals surface area contributed by atoms with E-state index < -0.39 is 52.2 Å². The van der Waals surface area contributed by atoms with Crippen molar-refractivity contribution in [1.29, 1.82) is 0 Å². The molecule has 0 fully saturated rings. The first kappa shape index (κ1) is 10.1. The highest BCUT2D eigenvalue weighted by Crippen LogP contribution is 2.25. The van der Waals surface area contributed by atoms with Gasteiger partial charge < -0.3 is 5.11 Å². The molecule has 0 aliphatic rings. The number of phenols is 1. The minimum absolute atomic E-state index is 0.112. The molecule has 1 unspecified atom stereocenters. The fourth-order valence-electron chi connectivity index (χ4n) is 1.27. The molecule has 20 heavy (non-hydrogen) atoms. The van der Waals surface area contributed by atoms with Crippen LogP contribution >= 0.6 is 11.3 Å². The Balaban J connectivity index is 2.33. The summed E-state index contributed by atoms with van der Waals surface area (Å²) in [7, 11) is -1.26. The third kappa shape index (κ3) is 3.23. The highest BCUT2D eigenvalue weighted by atomic mass is 32.2. The van der Waals surface area contributed by atoms with Crippen molar-refractivity contribution in [2.24, 2.45) is 0 Å². The topological polar surface area (TPSA) is 79.3 Å². The van der Waals surface area contributed by atoms with Crippen molar-refractivity contribution >= 4 is 33.2 Å². The van der Waals surface area contributed by atoms with E-state index in [0.717, 1.165) is 11.3 Å². The number of phenolic OH excluding ortho intramolecular Hbond substituents is 1. The van der Waals surface area contributed by atoms with Gasteiger partial charge in [0.05, 0.1) is 28.0 Å². The Kier molecular flexibility index (Phi) is 3.09. The van der Waals surface area contributed by atoms with Gasteiger partial charge in [-0.2, -0.15) is 0 Å². The van der Waals surface area contributed by atoms with E-state index in [-0.39, 0.29) is 10.4 Å². The molecular formula is C13H14N2O3S2. The lowest BCUT2D eigenvalue weighted by Gasteiger charge is -2.03. The Hall–Kier alpha value is -1.73. The second-order valence-electron chi connectivity index (χ2n) is 4.01. The molecule has 0 bridgehead atoms. The zero-order chi connectivity index (χ0) is 18.2. The molecule has 0 saturated heterocycles. The van der Waals surface area contributed by atoms with Crippen LogP contribution in [0.4, 0.5) is 5.13 Å². The normalized spacial score (nSPS) is 15.2. The monoisotopic (exact) mass is 314 g/mol. The number of anilines is 1. The summed E-state index contributed by atoms with van der Waals surface area (Å²) in [5, 5.41) is 12.2. The number of amides is 1. The molecule has 1 amide bonds. The zero-order valence-corrected chi connectivity index (χ0v) is 12.3. The third-order valence-corrected chi connectivity index (χ3v) is 5.03. The minimum atomic E-state index is -1.26. The highest BCUT2D eigenvalue weighted by Gasteiger charge is 2.15. The first-order valence-electron chi connectivity index (χ1n) is 7.62. The van der Waals surface area contributed by atoms with Gasteiger partial charge in [-0.1, -0.05) is 37.3 Å². The first-order chi connectivity index (χ1) is 11.1. The van der Waals surface area contributed by atoms with Crippen LogP contribution in [0, 0.1) is 0 Å². The fourth-order valence-corrected chi connectivity index (χ4v) is 3.58. The zero-order valence-electron chi connectivity index (χ0n) is 14.7. The number of carbonyl (C=O) groups excluding carboxylic acids is 1. The van der Waals surface area contributed by atoms with E-state index in [9.17, 15) is 14.1 Å². The number of aromatic nitrogens is 1. The van der Waals surface area contributed by atoms with Gasteiger partial charge in [-0.25, -0.2) is 4.98 Å². The summed E-state index contributed by atoms with van der Waals surface area (Å²) in [5.74, 6) is -1.75. The molecule has 2 aromatic rings. The van der Waals surface area contributed by atoms with Crippen LogP contribution < -0.4 is 5.32 Å². The van der Waals surface area contributed by atoms with E-state index in [1.54, 1.807) is 13.8 Å². The number of rotatable bonds is 4. The quantitative estimate of drug-likeness (QED) is 0.909. The predicted octanol–water partition coefficient (Wildman–Crippen LogP) is 2.62. The van der Waals surface area contributed by atoms with Gasteiger partial charge in [-0.15, -0.1) is 0 Å². The van der Waals surface area contributed by atoms with Gasteiger partial charge in [0.1, 0.15) is 9.96 Å². The van der Waals surface area contributed by atoms with Gasteiger partial charge in [0, 0.05) is 5.25 Å². The average molecular weight is 314 g/mol. The molecule has 0 aliphatic heterocycles. The molecule has 106 valence electrons. The number of hydrogen-bond donors (Lipinski definition) is 2. The Morgan fingerprint density at radius 1 is 1.50 bits per heavy atom. The third-order valence-electron chi connectivity index (χ3n) is 2.23. The van der Waals surface area contributed by atoms with Crippen LogP contribution in [-0.2, 0) is 10.8 Å². The molecule has 5 nitrogen and oxygen atoms in total. The molecule has 0 aliphatic carbocycles. The number of benzene rings is 1. The predicted molar refractivity (Wildman–Crippen MR) is 79.7 cm³/mol. The van der Waals surface area contributed by atoms with Crippen molar-refractivity contribution in [2.75, 3.05) is 5.32 Å².